The summed E-state index contributed by atoms with van der Waals surface area (Å²) in [5.74, 6) is 3.98. The van der Waals surface area contributed by atoms with Gasteiger partial charge in [0, 0.05) is 19.2 Å². The Bertz CT molecular complexity index is 399. The second kappa shape index (κ2) is 5.55. The molecule has 4 nitrogen and oxygen atoms in total. The lowest BCUT2D eigenvalue weighted by atomic mass is 10.0. The third-order valence-electron chi connectivity index (χ3n) is 3.72. The van der Waals surface area contributed by atoms with Crippen LogP contribution in [0, 0.1) is 11.8 Å². The van der Waals surface area contributed by atoms with Crippen molar-refractivity contribution in [3.05, 3.63) is 11.9 Å². The van der Waals surface area contributed by atoms with Gasteiger partial charge in [-0.3, -0.25) is 0 Å². The number of nitrogens with zero attached hydrogens (tertiary/aromatic N) is 2. The number of aromatic nitrogens is 2. The Hall–Kier alpha value is -1.32. The summed E-state index contributed by atoms with van der Waals surface area (Å²) in [7, 11) is 1.91. The first kappa shape index (κ1) is 13.1. The van der Waals surface area contributed by atoms with Crippen molar-refractivity contribution in [2.24, 2.45) is 11.8 Å². The molecule has 0 bridgehead atoms. The standard InChI is InChI=1S/C14H24N4/c1-9(2)12-13(15-4)17-8-18-14(12)16-7-10(3)11-5-6-11/h8-11H,5-7H2,1-4H3,(H2,15,16,17,18). The van der Waals surface area contributed by atoms with Crippen molar-refractivity contribution in [3.8, 4) is 0 Å². The van der Waals surface area contributed by atoms with Gasteiger partial charge in [-0.05, 0) is 30.6 Å². The summed E-state index contributed by atoms with van der Waals surface area (Å²) in [6, 6.07) is 0. The van der Waals surface area contributed by atoms with Crippen LogP contribution in [0.25, 0.3) is 0 Å². The molecule has 1 unspecified atom stereocenters. The molecule has 1 aromatic rings. The topological polar surface area (TPSA) is 49.8 Å². The Morgan fingerprint density at radius 2 is 1.89 bits per heavy atom. The van der Waals surface area contributed by atoms with Gasteiger partial charge in [0.2, 0.25) is 0 Å². The third-order valence-corrected chi connectivity index (χ3v) is 3.72. The van der Waals surface area contributed by atoms with Gasteiger partial charge in [0.1, 0.15) is 18.0 Å². The number of nitrogens with one attached hydrogen (secondary N) is 2. The molecule has 18 heavy (non-hydrogen) atoms. The van der Waals surface area contributed by atoms with E-state index in [4.69, 9.17) is 0 Å². The molecule has 1 aliphatic rings. The van der Waals surface area contributed by atoms with Crippen LogP contribution < -0.4 is 10.6 Å². The lowest BCUT2D eigenvalue weighted by Gasteiger charge is -2.18. The first-order valence-electron chi connectivity index (χ1n) is 6.90. The highest BCUT2D eigenvalue weighted by Crippen LogP contribution is 2.37. The zero-order valence-corrected chi connectivity index (χ0v) is 11.8. The summed E-state index contributed by atoms with van der Waals surface area (Å²) < 4.78 is 0. The van der Waals surface area contributed by atoms with Crippen molar-refractivity contribution in [3.63, 3.8) is 0 Å². The highest BCUT2D eigenvalue weighted by atomic mass is 15.1. The average molecular weight is 248 g/mol. The minimum absolute atomic E-state index is 0.410. The molecule has 0 saturated heterocycles. The fourth-order valence-corrected chi connectivity index (χ4v) is 2.37. The van der Waals surface area contributed by atoms with Gasteiger partial charge in [0.25, 0.3) is 0 Å². The van der Waals surface area contributed by atoms with Crippen LogP contribution in [0.2, 0.25) is 0 Å². The molecule has 2 N–H and O–H groups in total. The minimum Gasteiger partial charge on any atom is -0.373 e. The van der Waals surface area contributed by atoms with E-state index >= 15 is 0 Å². The van der Waals surface area contributed by atoms with Crippen LogP contribution >= 0.6 is 0 Å². The molecule has 1 aliphatic carbocycles. The summed E-state index contributed by atoms with van der Waals surface area (Å²) in [5, 5.41) is 6.65. The van der Waals surface area contributed by atoms with Crippen LogP contribution in [0.4, 0.5) is 11.6 Å². The van der Waals surface area contributed by atoms with Crippen molar-refractivity contribution in [2.75, 3.05) is 24.2 Å². The van der Waals surface area contributed by atoms with Crippen LogP contribution in [0.3, 0.4) is 0 Å². The quantitative estimate of drug-likeness (QED) is 0.812. The van der Waals surface area contributed by atoms with E-state index in [1.807, 2.05) is 7.05 Å². The number of rotatable bonds is 6. The van der Waals surface area contributed by atoms with Gasteiger partial charge in [-0.1, -0.05) is 20.8 Å². The smallest absolute Gasteiger partial charge is 0.134 e. The summed E-state index contributed by atoms with van der Waals surface area (Å²) in [6.07, 6.45) is 4.42. The van der Waals surface area contributed by atoms with Crippen LogP contribution in [0.15, 0.2) is 6.33 Å². The van der Waals surface area contributed by atoms with E-state index in [9.17, 15) is 0 Å². The molecule has 100 valence electrons. The van der Waals surface area contributed by atoms with Gasteiger partial charge < -0.3 is 10.6 Å². The van der Waals surface area contributed by atoms with Crippen molar-refractivity contribution >= 4 is 11.6 Å². The fraction of sp³-hybridized carbons (Fsp3) is 0.714. The summed E-state index contributed by atoms with van der Waals surface area (Å²) >= 11 is 0. The van der Waals surface area contributed by atoms with E-state index in [1.165, 1.54) is 18.4 Å². The second-order valence-corrected chi connectivity index (χ2v) is 5.58. The van der Waals surface area contributed by atoms with Crippen LogP contribution in [0.1, 0.15) is 45.1 Å². The SMILES string of the molecule is CNc1ncnc(NCC(C)C2CC2)c1C(C)C. The van der Waals surface area contributed by atoms with Crippen molar-refractivity contribution in [1.29, 1.82) is 0 Å². The zero-order chi connectivity index (χ0) is 13.1. The normalized spacial score (nSPS) is 16.7. The molecule has 2 rings (SSSR count). The van der Waals surface area contributed by atoms with Gasteiger partial charge in [-0.2, -0.15) is 0 Å². The number of hydrogen-bond acceptors (Lipinski definition) is 4. The molecule has 0 aliphatic heterocycles. The predicted octanol–water partition coefficient (Wildman–Crippen LogP) is 3.10. The second-order valence-electron chi connectivity index (χ2n) is 5.58. The van der Waals surface area contributed by atoms with Crippen molar-refractivity contribution in [1.82, 2.24) is 9.97 Å². The Balaban J connectivity index is 2.10. The summed E-state index contributed by atoms with van der Waals surface area (Å²) in [5.41, 5.74) is 1.18. The summed E-state index contributed by atoms with van der Waals surface area (Å²) in [4.78, 5) is 8.69. The molecule has 1 saturated carbocycles. The summed E-state index contributed by atoms with van der Waals surface area (Å²) in [6.45, 7) is 7.68. The fourth-order valence-electron chi connectivity index (χ4n) is 2.37. The molecule has 1 heterocycles. The first-order chi connectivity index (χ1) is 8.63. The third kappa shape index (κ3) is 2.92. The minimum atomic E-state index is 0.410. The van der Waals surface area contributed by atoms with Gasteiger partial charge in [0.15, 0.2) is 0 Å². The number of anilines is 2. The van der Waals surface area contributed by atoms with Crippen molar-refractivity contribution in [2.45, 2.75) is 39.5 Å². The maximum atomic E-state index is 4.40. The molecule has 4 heteroatoms. The Morgan fingerprint density at radius 3 is 2.44 bits per heavy atom. The van der Waals surface area contributed by atoms with Gasteiger partial charge in [-0.15, -0.1) is 0 Å². The van der Waals surface area contributed by atoms with Crippen molar-refractivity contribution < 1.29 is 0 Å². The highest BCUT2D eigenvalue weighted by Gasteiger charge is 2.27. The number of hydrogen-bond donors (Lipinski definition) is 2. The van der Waals surface area contributed by atoms with E-state index < -0.39 is 0 Å². The zero-order valence-electron chi connectivity index (χ0n) is 11.8. The Morgan fingerprint density at radius 1 is 1.22 bits per heavy atom. The van der Waals surface area contributed by atoms with Crippen LogP contribution in [-0.4, -0.2) is 23.6 Å². The monoisotopic (exact) mass is 248 g/mol. The van der Waals surface area contributed by atoms with Gasteiger partial charge in [-0.25, -0.2) is 9.97 Å². The van der Waals surface area contributed by atoms with E-state index in [-0.39, 0.29) is 0 Å². The molecule has 0 spiro atoms. The van der Waals surface area contributed by atoms with Gasteiger partial charge >= 0.3 is 0 Å². The van der Waals surface area contributed by atoms with Gasteiger partial charge in [0.05, 0.1) is 0 Å². The van der Waals surface area contributed by atoms with E-state index in [2.05, 4.69) is 41.4 Å². The molecule has 0 amide bonds. The molecule has 0 radical (unpaired) electrons. The van der Waals surface area contributed by atoms with E-state index in [1.54, 1.807) is 6.33 Å². The predicted molar refractivity (Wildman–Crippen MR) is 76.0 cm³/mol. The Labute approximate surface area is 110 Å². The maximum Gasteiger partial charge on any atom is 0.134 e. The van der Waals surface area contributed by atoms with Crippen LogP contribution in [-0.2, 0) is 0 Å². The molecule has 1 atom stereocenters. The lowest BCUT2D eigenvalue weighted by Crippen LogP contribution is -2.16. The first-order valence-corrected chi connectivity index (χ1v) is 6.90. The van der Waals surface area contributed by atoms with Crippen LogP contribution in [0.5, 0.6) is 0 Å². The average Bonchev–Trinajstić information content (AvgIpc) is 3.19. The maximum absolute atomic E-state index is 4.40. The molecule has 0 aromatic carbocycles. The highest BCUT2D eigenvalue weighted by molar-refractivity contribution is 5.58. The molecular weight excluding hydrogens is 224 g/mol. The lowest BCUT2D eigenvalue weighted by molar-refractivity contribution is 0.535. The van der Waals surface area contributed by atoms with E-state index in [0.717, 1.165) is 30.0 Å². The Kier molecular flexibility index (Phi) is 4.04. The largest absolute Gasteiger partial charge is 0.373 e. The molecular formula is C14H24N4. The molecule has 1 fully saturated rings. The van der Waals surface area contributed by atoms with E-state index in [0.29, 0.717) is 5.92 Å². The molecule has 1 aromatic heterocycles.